The number of allylic oxidation sites excluding steroid dienone is 1. The number of diazo groups is 1. The maximum absolute atomic E-state index is 12.0. The van der Waals surface area contributed by atoms with Crippen LogP contribution < -0.4 is 0 Å². The molecule has 0 aliphatic heterocycles. The normalized spacial score (nSPS) is 13.8. The number of carbonyl (C=O) groups is 1. The van der Waals surface area contributed by atoms with Crippen LogP contribution in [0.3, 0.4) is 0 Å². The van der Waals surface area contributed by atoms with Gasteiger partial charge in [0.05, 0.1) is 0 Å². The molecular formula is C8H10F3N2O3+. The summed E-state index contributed by atoms with van der Waals surface area (Å²) in [5.41, 5.74) is -2.65. The molecule has 1 N–H and O–H groups in total. The molecule has 0 spiro atoms. The van der Waals surface area contributed by atoms with Gasteiger partial charge >= 0.3 is 23.6 Å². The van der Waals surface area contributed by atoms with Gasteiger partial charge in [0.15, 0.2) is 4.98 Å². The quantitative estimate of drug-likeness (QED) is 0.330. The fraction of sp³-hybridized carbons (Fsp3) is 0.625. The Morgan fingerprint density at radius 1 is 1.31 bits per heavy atom. The summed E-state index contributed by atoms with van der Waals surface area (Å²) in [4.78, 5) is 13.2. The number of aliphatic hydroxyl groups is 1. The van der Waals surface area contributed by atoms with Gasteiger partial charge in [-0.1, -0.05) is 0 Å². The van der Waals surface area contributed by atoms with Crippen molar-refractivity contribution >= 4 is 5.97 Å². The molecule has 16 heavy (non-hydrogen) atoms. The zero-order valence-corrected chi connectivity index (χ0v) is 8.79. The average Bonchev–Trinajstić information content (AvgIpc) is 1.99. The molecule has 0 fully saturated rings. The van der Waals surface area contributed by atoms with Crippen LogP contribution in [0, 0.1) is 5.39 Å². The smallest absolute Gasteiger partial charge is 0.498 e. The Kier molecular flexibility index (Phi) is 3.90. The van der Waals surface area contributed by atoms with Crippen LogP contribution >= 0.6 is 0 Å². The van der Waals surface area contributed by atoms with Crippen LogP contribution in [-0.4, -0.2) is 22.9 Å². The van der Waals surface area contributed by atoms with Gasteiger partial charge in [0.25, 0.3) is 0 Å². The summed E-state index contributed by atoms with van der Waals surface area (Å²) in [5, 5.41) is 16.8. The minimum absolute atomic E-state index is 1.07. The number of halogens is 3. The zero-order valence-electron chi connectivity index (χ0n) is 8.79. The molecule has 0 aromatic heterocycles. The Bertz CT molecular complexity index is 360. The first-order chi connectivity index (χ1) is 6.99. The van der Waals surface area contributed by atoms with E-state index in [0.29, 0.717) is 0 Å². The first-order valence-electron chi connectivity index (χ1n) is 4.08. The van der Waals surface area contributed by atoms with Crippen molar-refractivity contribution in [1.82, 2.24) is 0 Å². The van der Waals surface area contributed by atoms with E-state index >= 15 is 0 Å². The summed E-state index contributed by atoms with van der Waals surface area (Å²) < 4.78 is 40.5. The molecular weight excluding hydrogens is 229 g/mol. The number of alkyl halides is 3. The summed E-state index contributed by atoms with van der Waals surface area (Å²) >= 11 is 0. The molecule has 0 aliphatic rings. The van der Waals surface area contributed by atoms with Gasteiger partial charge in [-0.3, -0.25) is 0 Å². The second kappa shape index (κ2) is 4.38. The van der Waals surface area contributed by atoms with E-state index in [1.807, 2.05) is 0 Å². The molecule has 0 bridgehead atoms. The number of hydrogen-bond donors (Lipinski definition) is 1. The molecule has 0 radical (unpaired) electrons. The monoisotopic (exact) mass is 239 g/mol. The highest BCUT2D eigenvalue weighted by Crippen LogP contribution is 2.27. The Morgan fingerprint density at radius 2 is 1.75 bits per heavy atom. The predicted octanol–water partition coefficient (Wildman–Crippen LogP) is 2.51. The van der Waals surface area contributed by atoms with E-state index in [4.69, 9.17) is 10.5 Å². The lowest BCUT2D eigenvalue weighted by molar-refractivity contribution is -0.152. The Balaban J connectivity index is 5.20. The topological polar surface area (TPSA) is 74.7 Å². The molecule has 0 aromatic carbocycles. The highest BCUT2D eigenvalue weighted by atomic mass is 19.4. The molecule has 0 saturated heterocycles. The molecule has 0 amide bonds. The number of rotatable bonds is 1. The number of aliphatic hydroxyl groups excluding tert-OH is 1. The minimum atomic E-state index is -5.18. The summed E-state index contributed by atoms with van der Waals surface area (Å²) in [7, 11) is 0. The number of esters is 1. The van der Waals surface area contributed by atoms with Gasteiger partial charge in [-0.2, -0.15) is 13.2 Å². The average molecular weight is 239 g/mol. The molecule has 0 aliphatic carbocycles. The van der Waals surface area contributed by atoms with E-state index in [0.717, 1.165) is 0 Å². The SMILES string of the molecule is CC(C)(C)OC(=O)/C([N+]#N)=C(\O)C(F)(F)F. The van der Waals surface area contributed by atoms with Crippen molar-refractivity contribution < 1.29 is 27.8 Å². The van der Waals surface area contributed by atoms with Crippen LogP contribution in [0.5, 0.6) is 0 Å². The second-order valence-electron chi connectivity index (χ2n) is 3.80. The molecule has 0 atom stereocenters. The van der Waals surface area contributed by atoms with Crippen molar-refractivity contribution in [1.29, 1.82) is 5.39 Å². The van der Waals surface area contributed by atoms with Gasteiger partial charge in [-0.25, -0.2) is 4.79 Å². The van der Waals surface area contributed by atoms with E-state index in [1.54, 1.807) is 0 Å². The van der Waals surface area contributed by atoms with Crippen LogP contribution in [0.1, 0.15) is 20.8 Å². The Morgan fingerprint density at radius 3 is 2.00 bits per heavy atom. The molecule has 0 unspecified atom stereocenters. The van der Waals surface area contributed by atoms with E-state index in [9.17, 15) is 18.0 Å². The van der Waals surface area contributed by atoms with Crippen LogP contribution in [0.15, 0.2) is 11.5 Å². The molecule has 0 rings (SSSR count). The Labute approximate surface area is 89.1 Å². The zero-order chi connectivity index (χ0) is 13.1. The molecule has 0 saturated carbocycles. The van der Waals surface area contributed by atoms with Crippen LogP contribution in [0.4, 0.5) is 13.2 Å². The van der Waals surface area contributed by atoms with Gasteiger partial charge in [0, 0.05) is 0 Å². The summed E-state index contributed by atoms with van der Waals surface area (Å²) in [6.07, 6.45) is -5.18. The van der Waals surface area contributed by atoms with Crippen LogP contribution in [0.2, 0.25) is 0 Å². The molecule has 0 heterocycles. The lowest BCUT2D eigenvalue weighted by Gasteiger charge is -2.17. The van der Waals surface area contributed by atoms with Crippen molar-refractivity contribution in [3.8, 4) is 0 Å². The predicted molar refractivity (Wildman–Crippen MR) is 46.6 cm³/mol. The number of hydrogen-bond acceptors (Lipinski definition) is 4. The lowest BCUT2D eigenvalue weighted by atomic mass is 10.2. The molecule has 5 nitrogen and oxygen atoms in total. The number of carbonyl (C=O) groups excluding carboxylic acids is 1. The maximum atomic E-state index is 12.0. The van der Waals surface area contributed by atoms with Gasteiger partial charge < -0.3 is 9.84 Å². The summed E-state index contributed by atoms with van der Waals surface area (Å²) in [6.45, 7) is 4.22. The van der Waals surface area contributed by atoms with Gasteiger partial charge in [0.2, 0.25) is 5.39 Å². The lowest BCUT2D eigenvalue weighted by Crippen LogP contribution is -2.26. The minimum Gasteiger partial charge on any atom is -0.498 e. The maximum Gasteiger partial charge on any atom is 0.514 e. The van der Waals surface area contributed by atoms with Crippen molar-refractivity contribution in [3.63, 3.8) is 0 Å². The first kappa shape index (κ1) is 14.2. The molecule has 0 aromatic rings. The van der Waals surface area contributed by atoms with Crippen molar-refractivity contribution in [2.24, 2.45) is 0 Å². The van der Waals surface area contributed by atoms with Gasteiger partial charge in [-0.15, -0.1) is 0 Å². The van der Waals surface area contributed by atoms with Crippen LogP contribution in [-0.2, 0) is 9.53 Å². The first-order valence-corrected chi connectivity index (χ1v) is 4.08. The van der Waals surface area contributed by atoms with Crippen molar-refractivity contribution in [2.75, 3.05) is 0 Å². The van der Waals surface area contributed by atoms with E-state index in [-0.39, 0.29) is 0 Å². The third kappa shape index (κ3) is 4.16. The summed E-state index contributed by atoms with van der Waals surface area (Å²) in [6, 6.07) is 0. The van der Waals surface area contributed by atoms with Gasteiger partial charge in [0.1, 0.15) is 5.60 Å². The number of nitrogens with zero attached hydrogens (tertiary/aromatic N) is 2. The third-order valence-electron chi connectivity index (χ3n) is 1.19. The second-order valence-corrected chi connectivity index (χ2v) is 3.80. The standard InChI is InChI=1S/C8H9F3N2O3/c1-7(2,3)16-6(15)4(13-12)5(14)8(9,10)11/h1-3H3/p+1. The largest absolute Gasteiger partial charge is 0.514 e. The Hall–Kier alpha value is -1.78. The highest BCUT2D eigenvalue weighted by molar-refractivity contribution is 5.91. The summed E-state index contributed by atoms with van der Waals surface area (Å²) in [5.74, 6) is -3.87. The van der Waals surface area contributed by atoms with E-state index in [2.05, 4.69) is 9.71 Å². The van der Waals surface area contributed by atoms with E-state index in [1.165, 1.54) is 20.8 Å². The van der Waals surface area contributed by atoms with Gasteiger partial charge in [-0.05, 0) is 20.8 Å². The van der Waals surface area contributed by atoms with E-state index < -0.39 is 29.2 Å². The molecule has 8 heteroatoms. The number of ether oxygens (including phenoxy) is 1. The van der Waals surface area contributed by atoms with Crippen LogP contribution in [0.25, 0.3) is 4.98 Å². The third-order valence-corrected chi connectivity index (χ3v) is 1.19. The fourth-order valence-electron chi connectivity index (χ4n) is 0.646. The fourth-order valence-corrected chi connectivity index (χ4v) is 0.646. The van der Waals surface area contributed by atoms with Crippen molar-refractivity contribution in [2.45, 2.75) is 32.5 Å². The van der Waals surface area contributed by atoms with Crippen molar-refractivity contribution in [3.05, 3.63) is 16.4 Å². The highest BCUT2D eigenvalue weighted by Gasteiger charge is 2.47. The molecule has 90 valence electrons.